The lowest BCUT2D eigenvalue weighted by Crippen LogP contribution is -2.28. The Morgan fingerprint density at radius 3 is 2.74 bits per heavy atom. The summed E-state index contributed by atoms with van der Waals surface area (Å²) in [6, 6.07) is 19.5. The van der Waals surface area contributed by atoms with E-state index in [2.05, 4.69) is 40.5 Å². The summed E-state index contributed by atoms with van der Waals surface area (Å²) in [5.41, 5.74) is 5.52. The SMILES string of the molecule is CCC(C)C(C)=NOc1cccc(Cc2ccc(NC(=O)[C@@H]3CC(c4cccnc4)=NO3)cc2)c1. The number of pyridine rings is 1. The molecular weight excluding hydrogens is 440 g/mol. The largest absolute Gasteiger partial charge is 0.382 e. The van der Waals surface area contributed by atoms with Crippen LogP contribution in [0.3, 0.4) is 0 Å². The first-order valence-electron chi connectivity index (χ1n) is 11.8. The Hall–Kier alpha value is -4.00. The van der Waals surface area contributed by atoms with Gasteiger partial charge in [0, 0.05) is 30.1 Å². The van der Waals surface area contributed by atoms with E-state index < -0.39 is 6.10 Å². The lowest BCUT2D eigenvalue weighted by atomic mass is 10.0. The molecule has 1 aromatic heterocycles. The Morgan fingerprint density at radius 2 is 2.00 bits per heavy atom. The fraction of sp³-hybridized carbons (Fsp3) is 0.286. The zero-order valence-electron chi connectivity index (χ0n) is 20.3. The van der Waals surface area contributed by atoms with E-state index in [4.69, 9.17) is 9.68 Å². The van der Waals surface area contributed by atoms with E-state index in [1.807, 2.05) is 61.5 Å². The zero-order valence-corrected chi connectivity index (χ0v) is 20.3. The Kier molecular flexibility index (Phi) is 7.88. The third-order valence-corrected chi connectivity index (χ3v) is 6.10. The Morgan fingerprint density at radius 1 is 1.17 bits per heavy atom. The van der Waals surface area contributed by atoms with Crippen molar-refractivity contribution in [2.45, 2.75) is 46.1 Å². The molecule has 0 spiro atoms. The average Bonchev–Trinajstić information content (AvgIpc) is 3.39. The topological polar surface area (TPSA) is 85.2 Å². The van der Waals surface area contributed by atoms with Crippen molar-refractivity contribution in [2.24, 2.45) is 16.2 Å². The van der Waals surface area contributed by atoms with E-state index in [0.29, 0.717) is 18.0 Å². The molecule has 35 heavy (non-hydrogen) atoms. The van der Waals surface area contributed by atoms with E-state index in [1.54, 1.807) is 12.4 Å². The number of hydrogen-bond acceptors (Lipinski definition) is 6. The van der Waals surface area contributed by atoms with Crippen molar-refractivity contribution in [3.05, 3.63) is 89.7 Å². The van der Waals surface area contributed by atoms with Crippen molar-refractivity contribution >= 4 is 23.0 Å². The number of carbonyl (C=O) groups excluding carboxylic acids is 1. The molecule has 1 unspecified atom stereocenters. The van der Waals surface area contributed by atoms with Gasteiger partial charge in [-0.1, -0.05) is 48.4 Å². The number of oxime groups is 2. The maximum absolute atomic E-state index is 12.6. The first kappa shape index (κ1) is 24.1. The minimum absolute atomic E-state index is 0.224. The quantitative estimate of drug-likeness (QED) is 0.326. The fourth-order valence-electron chi connectivity index (χ4n) is 3.61. The lowest BCUT2D eigenvalue weighted by molar-refractivity contribution is -0.125. The van der Waals surface area contributed by atoms with E-state index in [9.17, 15) is 4.79 Å². The van der Waals surface area contributed by atoms with Crippen LogP contribution in [0.15, 0.2) is 83.4 Å². The predicted octanol–water partition coefficient (Wildman–Crippen LogP) is 5.60. The Labute approximate surface area is 205 Å². The van der Waals surface area contributed by atoms with Gasteiger partial charge in [-0.25, -0.2) is 0 Å². The number of carbonyl (C=O) groups is 1. The van der Waals surface area contributed by atoms with Crippen LogP contribution in [0, 0.1) is 5.92 Å². The van der Waals surface area contributed by atoms with Crippen molar-refractivity contribution in [1.82, 2.24) is 4.98 Å². The zero-order chi connectivity index (χ0) is 24.6. The summed E-state index contributed by atoms with van der Waals surface area (Å²) in [5, 5.41) is 11.2. The predicted molar refractivity (Wildman–Crippen MR) is 138 cm³/mol. The molecule has 1 amide bonds. The minimum atomic E-state index is -0.653. The summed E-state index contributed by atoms with van der Waals surface area (Å²) in [4.78, 5) is 27.7. The molecule has 0 bridgehead atoms. The van der Waals surface area contributed by atoms with Crippen molar-refractivity contribution < 1.29 is 14.5 Å². The second-order valence-corrected chi connectivity index (χ2v) is 8.72. The highest BCUT2D eigenvalue weighted by atomic mass is 16.6. The molecule has 0 saturated heterocycles. The van der Waals surface area contributed by atoms with Crippen molar-refractivity contribution in [3.63, 3.8) is 0 Å². The van der Waals surface area contributed by atoms with Gasteiger partial charge in [0.05, 0.1) is 11.4 Å². The smallest absolute Gasteiger partial charge is 0.268 e. The van der Waals surface area contributed by atoms with E-state index in [1.165, 1.54) is 0 Å². The molecule has 7 heteroatoms. The Balaban J connectivity index is 1.31. The van der Waals surface area contributed by atoms with Crippen LogP contribution in [0.1, 0.15) is 50.3 Å². The number of hydrogen-bond donors (Lipinski definition) is 1. The molecule has 1 aliphatic heterocycles. The second-order valence-electron chi connectivity index (χ2n) is 8.72. The highest BCUT2D eigenvalue weighted by molar-refractivity contribution is 6.05. The molecule has 0 aliphatic carbocycles. The monoisotopic (exact) mass is 470 g/mol. The van der Waals surface area contributed by atoms with Gasteiger partial charge < -0.3 is 15.0 Å². The number of nitrogens with one attached hydrogen (secondary N) is 1. The number of anilines is 1. The van der Waals surface area contributed by atoms with Gasteiger partial charge in [0.1, 0.15) is 0 Å². The van der Waals surface area contributed by atoms with Crippen LogP contribution < -0.4 is 10.2 Å². The highest BCUT2D eigenvalue weighted by Gasteiger charge is 2.29. The van der Waals surface area contributed by atoms with Gasteiger partial charge in [-0.3, -0.25) is 9.78 Å². The van der Waals surface area contributed by atoms with Crippen LogP contribution in [0.5, 0.6) is 5.75 Å². The summed E-state index contributed by atoms with van der Waals surface area (Å²) in [6.07, 6.45) is 4.94. The van der Waals surface area contributed by atoms with Crippen LogP contribution >= 0.6 is 0 Å². The molecule has 180 valence electrons. The fourth-order valence-corrected chi connectivity index (χ4v) is 3.61. The third-order valence-electron chi connectivity index (χ3n) is 6.10. The van der Waals surface area contributed by atoms with Gasteiger partial charge in [-0.05, 0) is 73.2 Å². The maximum atomic E-state index is 12.6. The van der Waals surface area contributed by atoms with Gasteiger partial charge in [0.2, 0.25) is 6.10 Å². The highest BCUT2D eigenvalue weighted by Crippen LogP contribution is 2.21. The summed E-state index contributed by atoms with van der Waals surface area (Å²) in [7, 11) is 0. The molecule has 1 N–H and O–H groups in total. The number of benzene rings is 2. The van der Waals surface area contributed by atoms with Gasteiger partial charge in [-0.15, -0.1) is 0 Å². The van der Waals surface area contributed by atoms with Crippen LogP contribution in [0.25, 0.3) is 0 Å². The van der Waals surface area contributed by atoms with Crippen molar-refractivity contribution in [3.8, 4) is 5.75 Å². The van der Waals surface area contributed by atoms with E-state index in [-0.39, 0.29) is 5.91 Å². The molecule has 2 atom stereocenters. The summed E-state index contributed by atoms with van der Waals surface area (Å²) >= 11 is 0. The molecule has 2 aromatic carbocycles. The molecule has 4 rings (SSSR count). The summed E-state index contributed by atoms with van der Waals surface area (Å²) in [5.74, 6) is 0.894. The molecule has 7 nitrogen and oxygen atoms in total. The number of nitrogens with zero attached hydrogens (tertiary/aromatic N) is 3. The summed E-state index contributed by atoms with van der Waals surface area (Å²) in [6.45, 7) is 6.26. The molecular formula is C28H30N4O3. The third kappa shape index (κ3) is 6.53. The second kappa shape index (κ2) is 11.4. The molecule has 2 heterocycles. The van der Waals surface area contributed by atoms with Crippen LogP contribution in [0.4, 0.5) is 5.69 Å². The van der Waals surface area contributed by atoms with Crippen molar-refractivity contribution in [2.75, 3.05) is 5.32 Å². The van der Waals surface area contributed by atoms with Gasteiger partial charge in [-0.2, -0.15) is 0 Å². The average molecular weight is 471 g/mol. The standard InChI is InChI=1S/C28H30N4O3/c1-4-19(2)20(3)31-34-25-9-5-7-22(16-25)15-21-10-12-24(13-11-21)30-28(33)27-17-26(32-35-27)23-8-6-14-29-18-23/h5-14,16,18-19,27H,4,15,17H2,1-3H3,(H,30,33)/t19?,27-/m0/s1. The summed E-state index contributed by atoms with van der Waals surface area (Å²) < 4.78 is 0. The Bertz CT molecular complexity index is 1210. The number of rotatable bonds is 9. The minimum Gasteiger partial charge on any atom is -0.382 e. The van der Waals surface area contributed by atoms with Crippen LogP contribution in [-0.4, -0.2) is 28.4 Å². The molecule has 0 fully saturated rings. The van der Waals surface area contributed by atoms with Crippen LogP contribution in [-0.2, 0) is 16.1 Å². The van der Waals surface area contributed by atoms with Gasteiger partial charge in [0.15, 0.2) is 5.75 Å². The normalized spacial score (nSPS) is 16.3. The van der Waals surface area contributed by atoms with Gasteiger partial charge in [0.25, 0.3) is 5.91 Å². The molecule has 1 aliphatic rings. The lowest BCUT2D eigenvalue weighted by Gasteiger charge is -2.10. The van der Waals surface area contributed by atoms with E-state index >= 15 is 0 Å². The van der Waals surface area contributed by atoms with Crippen LogP contribution in [0.2, 0.25) is 0 Å². The number of amides is 1. The molecule has 0 saturated carbocycles. The first-order valence-corrected chi connectivity index (χ1v) is 11.8. The van der Waals surface area contributed by atoms with Gasteiger partial charge >= 0.3 is 0 Å². The maximum Gasteiger partial charge on any atom is 0.268 e. The van der Waals surface area contributed by atoms with E-state index in [0.717, 1.165) is 46.7 Å². The molecule has 3 aromatic rings. The number of aromatic nitrogens is 1. The van der Waals surface area contributed by atoms with Crippen molar-refractivity contribution in [1.29, 1.82) is 0 Å². The first-order chi connectivity index (χ1) is 17.0. The molecule has 0 radical (unpaired) electrons.